The van der Waals surface area contributed by atoms with Crippen molar-refractivity contribution in [3.8, 4) is 11.3 Å². The normalized spacial score (nSPS) is 15.7. The number of anilines is 1. The van der Waals surface area contributed by atoms with Crippen molar-refractivity contribution in [3.63, 3.8) is 0 Å². The maximum Gasteiger partial charge on any atom is 0.418 e. The molecule has 3 rings (SSSR count). The minimum Gasteiger partial charge on any atom is -0.371 e. The number of rotatable bonds is 2. The van der Waals surface area contributed by atoms with Gasteiger partial charge in [0.2, 0.25) is 0 Å². The Balaban J connectivity index is 2.03. The van der Waals surface area contributed by atoms with Crippen molar-refractivity contribution in [2.45, 2.75) is 25.4 Å². The third kappa shape index (κ3) is 3.58. The first kappa shape index (κ1) is 16.1. The van der Waals surface area contributed by atoms with Gasteiger partial charge in [-0.15, -0.1) is 10.2 Å². The Labute approximate surface area is 137 Å². The van der Waals surface area contributed by atoms with Gasteiger partial charge in [-0.05, 0) is 43.5 Å². The zero-order valence-electron chi connectivity index (χ0n) is 12.3. The van der Waals surface area contributed by atoms with E-state index >= 15 is 0 Å². The summed E-state index contributed by atoms with van der Waals surface area (Å²) in [5.41, 5.74) is 0.351. The Morgan fingerprint density at radius 1 is 0.957 bits per heavy atom. The van der Waals surface area contributed by atoms with E-state index in [1.165, 1.54) is 12.1 Å². The summed E-state index contributed by atoms with van der Waals surface area (Å²) in [5, 5.41) is 7.74. The second kappa shape index (κ2) is 6.35. The lowest BCUT2D eigenvalue weighted by atomic mass is 10.0. The van der Waals surface area contributed by atoms with Crippen LogP contribution in [0.5, 0.6) is 0 Å². The molecule has 2 aromatic rings. The number of alkyl halides is 3. The van der Waals surface area contributed by atoms with E-state index < -0.39 is 11.7 Å². The summed E-state index contributed by atoms with van der Waals surface area (Å²) in [7, 11) is 0. The van der Waals surface area contributed by atoms with Crippen molar-refractivity contribution in [2.24, 2.45) is 0 Å². The molecule has 0 spiro atoms. The first-order valence-electron chi connectivity index (χ1n) is 7.41. The molecule has 2 heterocycles. The molecule has 0 unspecified atom stereocenters. The fourth-order valence-electron chi connectivity index (χ4n) is 2.80. The summed E-state index contributed by atoms with van der Waals surface area (Å²) in [5.74, 6) is 0. The first-order valence-corrected chi connectivity index (χ1v) is 7.79. The van der Waals surface area contributed by atoms with Crippen LogP contribution in [0.3, 0.4) is 0 Å². The molecule has 0 atom stereocenters. The Bertz CT molecular complexity index is 680. The molecule has 3 nitrogen and oxygen atoms in total. The highest BCUT2D eigenvalue weighted by Gasteiger charge is 2.35. The average molecular weight is 342 g/mol. The molecular weight excluding hydrogens is 327 g/mol. The molecule has 23 heavy (non-hydrogen) atoms. The number of halogens is 4. The van der Waals surface area contributed by atoms with Gasteiger partial charge >= 0.3 is 6.18 Å². The van der Waals surface area contributed by atoms with Gasteiger partial charge in [0.25, 0.3) is 0 Å². The van der Waals surface area contributed by atoms with Crippen LogP contribution in [-0.2, 0) is 6.18 Å². The monoisotopic (exact) mass is 341 g/mol. The van der Waals surface area contributed by atoms with Crippen LogP contribution < -0.4 is 4.90 Å². The molecule has 0 amide bonds. The smallest absolute Gasteiger partial charge is 0.371 e. The lowest BCUT2D eigenvalue weighted by molar-refractivity contribution is -0.137. The second-order valence-electron chi connectivity index (χ2n) is 5.52. The number of nitrogens with zero attached hydrogens (tertiary/aromatic N) is 3. The van der Waals surface area contributed by atoms with Crippen molar-refractivity contribution in [3.05, 3.63) is 41.0 Å². The quantitative estimate of drug-likeness (QED) is 0.785. The highest BCUT2D eigenvalue weighted by atomic mass is 35.5. The summed E-state index contributed by atoms with van der Waals surface area (Å²) in [6, 6.07) is 7.39. The third-order valence-electron chi connectivity index (χ3n) is 3.93. The highest BCUT2D eigenvalue weighted by molar-refractivity contribution is 6.29. The van der Waals surface area contributed by atoms with Crippen molar-refractivity contribution < 1.29 is 13.2 Å². The summed E-state index contributed by atoms with van der Waals surface area (Å²) in [6.45, 7) is 1.31. The molecule has 1 aromatic heterocycles. The van der Waals surface area contributed by atoms with Gasteiger partial charge in [0, 0.05) is 24.3 Å². The maximum absolute atomic E-state index is 13.5. The van der Waals surface area contributed by atoms with Gasteiger partial charge in [-0.1, -0.05) is 17.7 Å². The van der Waals surface area contributed by atoms with E-state index in [1.807, 2.05) is 4.90 Å². The molecule has 0 bridgehead atoms. The number of piperidine rings is 1. The molecule has 0 aliphatic carbocycles. The number of benzene rings is 1. The van der Waals surface area contributed by atoms with E-state index in [9.17, 15) is 13.2 Å². The van der Waals surface area contributed by atoms with Crippen LogP contribution in [0, 0.1) is 0 Å². The lowest BCUT2D eigenvalue weighted by Crippen LogP contribution is -2.31. The molecule has 1 aromatic carbocycles. The third-order valence-corrected chi connectivity index (χ3v) is 4.13. The van der Waals surface area contributed by atoms with Gasteiger partial charge in [0.15, 0.2) is 5.15 Å². The summed E-state index contributed by atoms with van der Waals surface area (Å²) in [4.78, 5) is 1.81. The second-order valence-corrected chi connectivity index (χ2v) is 5.91. The SMILES string of the molecule is FC(F)(F)c1cc(-c2ccc(Cl)nn2)ccc1N1CCCCC1. The number of hydrogen-bond acceptors (Lipinski definition) is 3. The average Bonchev–Trinajstić information content (AvgIpc) is 2.55. The standard InChI is InChI=1S/C16H15ClF3N3/c17-15-7-5-13(21-22-15)11-4-6-14(12(10-11)16(18,19)20)23-8-2-1-3-9-23/h4-7,10H,1-3,8-9H2. The minimum absolute atomic E-state index is 0.203. The fourth-order valence-corrected chi connectivity index (χ4v) is 2.90. The van der Waals surface area contributed by atoms with Gasteiger partial charge < -0.3 is 4.90 Å². The van der Waals surface area contributed by atoms with E-state index in [-0.39, 0.29) is 10.8 Å². The predicted molar refractivity (Wildman–Crippen MR) is 83.5 cm³/mol. The molecular formula is C16H15ClF3N3. The Kier molecular flexibility index (Phi) is 4.43. The van der Waals surface area contributed by atoms with Gasteiger partial charge in [-0.2, -0.15) is 13.2 Å². The van der Waals surface area contributed by atoms with Crippen molar-refractivity contribution in [1.82, 2.24) is 10.2 Å². The van der Waals surface area contributed by atoms with E-state index in [2.05, 4.69) is 10.2 Å². The lowest BCUT2D eigenvalue weighted by Gasteiger charge is -2.31. The van der Waals surface area contributed by atoms with Crippen LogP contribution in [0.2, 0.25) is 5.15 Å². The van der Waals surface area contributed by atoms with Gasteiger partial charge in [0.1, 0.15) is 0 Å². The molecule has 7 heteroatoms. The first-order chi connectivity index (χ1) is 10.9. The van der Waals surface area contributed by atoms with Crippen LogP contribution in [0.4, 0.5) is 18.9 Å². The maximum atomic E-state index is 13.5. The van der Waals surface area contributed by atoms with Crippen molar-refractivity contribution >= 4 is 17.3 Å². The van der Waals surface area contributed by atoms with E-state index in [0.29, 0.717) is 24.3 Å². The summed E-state index contributed by atoms with van der Waals surface area (Å²) >= 11 is 5.67. The molecule has 1 saturated heterocycles. The van der Waals surface area contributed by atoms with E-state index in [4.69, 9.17) is 11.6 Å². The molecule has 122 valence electrons. The van der Waals surface area contributed by atoms with Gasteiger partial charge in [-0.25, -0.2) is 0 Å². The Morgan fingerprint density at radius 2 is 1.70 bits per heavy atom. The molecule has 0 N–H and O–H groups in total. The highest BCUT2D eigenvalue weighted by Crippen LogP contribution is 2.39. The fraction of sp³-hybridized carbons (Fsp3) is 0.375. The predicted octanol–water partition coefficient (Wildman–Crippen LogP) is 4.81. The largest absolute Gasteiger partial charge is 0.418 e. The zero-order valence-corrected chi connectivity index (χ0v) is 13.0. The summed E-state index contributed by atoms with van der Waals surface area (Å²) in [6.07, 6.45) is -1.51. The Morgan fingerprint density at radius 3 is 2.30 bits per heavy atom. The van der Waals surface area contributed by atoms with Crippen LogP contribution in [0.25, 0.3) is 11.3 Å². The van der Waals surface area contributed by atoms with Gasteiger partial charge in [-0.3, -0.25) is 0 Å². The van der Waals surface area contributed by atoms with Crippen LogP contribution in [0.15, 0.2) is 30.3 Å². The number of hydrogen-bond donors (Lipinski definition) is 0. The summed E-state index contributed by atoms with van der Waals surface area (Å²) < 4.78 is 40.4. The molecule has 1 aliphatic heterocycles. The van der Waals surface area contributed by atoms with Gasteiger partial charge in [0.05, 0.1) is 11.3 Å². The van der Waals surface area contributed by atoms with Crippen LogP contribution >= 0.6 is 11.6 Å². The molecule has 1 aliphatic rings. The minimum atomic E-state index is -4.41. The molecule has 0 radical (unpaired) electrons. The molecule has 1 fully saturated rings. The zero-order chi connectivity index (χ0) is 16.4. The van der Waals surface area contributed by atoms with E-state index in [1.54, 1.807) is 12.1 Å². The van der Waals surface area contributed by atoms with Crippen LogP contribution in [0.1, 0.15) is 24.8 Å². The van der Waals surface area contributed by atoms with E-state index in [0.717, 1.165) is 25.3 Å². The van der Waals surface area contributed by atoms with Crippen molar-refractivity contribution in [2.75, 3.05) is 18.0 Å². The van der Waals surface area contributed by atoms with Crippen molar-refractivity contribution in [1.29, 1.82) is 0 Å². The molecule has 0 saturated carbocycles. The van der Waals surface area contributed by atoms with Crippen LogP contribution in [-0.4, -0.2) is 23.3 Å². The topological polar surface area (TPSA) is 29.0 Å². The Hall–Kier alpha value is -1.82. The number of aromatic nitrogens is 2.